The fourth-order valence-corrected chi connectivity index (χ4v) is 5.65. The number of nitrogens with zero attached hydrogens (tertiary/aromatic N) is 3. The molecule has 1 aliphatic heterocycles. The Morgan fingerprint density at radius 1 is 1.05 bits per heavy atom. The normalized spacial score (nSPS) is 17.5. The number of hydrogen-bond acceptors (Lipinski definition) is 5. The third-order valence-corrected chi connectivity index (χ3v) is 7.22. The Balaban J connectivity index is 1.68. The number of aryl methyl sites for hydroxylation is 1. The number of anilines is 2. The van der Waals surface area contributed by atoms with Crippen molar-refractivity contribution < 1.29 is 13.2 Å². The number of sulfonamides is 1. The van der Waals surface area contributed by atoms with E-state index in [-0.39, 0.29) is 12.1 Å². The first-order valence-corrected chi connectivity index (χ1v) is 14.0. The molecule has 0 saturated carbocycles. The van der Waals surface area contributed by atoms with Gasteiger partial charge in [0, 0.05) is 29.5 Å². The van der Waals surface area contributed by atoms with Crippen LogP contribution in [0.5, 0.6) is 5.75 Å². The molecule has 1 saturated heterocycles. The second-order valence-corrected chi connectivity index (χ2v) is 11.0. The first-order chi connectivity index (χ1) is 17.8. The van der Waals surface area contributed by atoms with E-state index >= 15 is 0 Å². The summed E-state index contributed by atoms with van der Waals surface area (Å²) in [4.78, 5) is 6.63. The Bertz CT molecular complexity index is 1550. The number of hydrogen-bond donors (Lipinski definition) is 2. The summed E-state index contributed by atoms with van der Waals surface area (Å²) < 4.78 is 34.2. The van der Waals surface area contributed by atoms with Crippen LogP contribution in [0.4, 0.5) is 11.4 Å². The predicted molar refractivity (Wildman–Crippen MR) is 150 cm³/mol. The monoisotopic (exact) mass is 533 g/mol. The lowest BCUT2D eigenvalue weighted by molar-refractivity contribution is 0.417. The summed E-state index contributed by atoms with van der Waals surface area (Å²) in [7, 11) is -2.03. The Labute approximate surface area is 222 Å². The summed E-state index contributed by atoms with van der Waals surface area (Å²) in [5.74, 6) is 0.411. The molecule has 5 rings (SSSR count). The molecule has 1 fully saturated rings. The minimum Gasteiger partial charge on any atom is -0.495 e. The van der Waals surface area contributed by atoms with Gasteiger partial charge in [0.05, 0.1) is 30.8 Å². The van der Waals surface area contributed by atoms with Crippen LogP contribution in [0.2, 0.25) is 0 Å². The molecular weight excluding hydrogens is 506 g/mol. The lowest BCUT2D eigenvalue weighted by Crippen LogP contribution is -2.30. The number of methoxy groups -OCH3 is 1. The second kappa shape index (κ2) is 9.87. The van der Waals surface area contributed by atoms with Crippen LogP contribution >= 0.6 is 12.2 Å². The molecule has 0 aliphatic carbocycles. The van der Waals surface area contributed by atoms with Crippen LogP contribution in [0.15, 0.2) is 85.2 Å². The molecule has 10 heteroatoms. The Morgan fingerprint density at radius 2 is 1.84 bits per heavy atom. The average molecular weight is 534 g/mol. The van der Waals surface area contributed by atoms with Gasteiger partial charge in [-0.3, -0.25) is 9.71 Å². The summed E-state index contributed by atoms with van der Waals surface area (Å²) in [6.45, 7) is 2.08. The van der Waals surface area contributed by atoms with E-state index in [1.807, 2.05) is 53.6 Å². The zero-order valence-electron chi connectivity index (χ0n) is 20.6. The summed E-state index contributed by atoms with van der Waals surface area (Å²) in [6, 6.07) is 22.9. The molecule has 3 heterocycles. The standard InChI is InChI=1S/C27H27N5O3S2/c1-18-9-4-5-11-22(18)31-16-8-12-23(31)26-25(20-10-6-7-15-28-20)29-27(36)32(26)19-13-14-24(35-2)21(17-19)30-37(3,33)34/h4-17,25-26,30H,1-3H3,(H,29,36)/t25-,26+/m1/s1. The van der Waals surface area contributed by atoms with Gasteiger partial charge in [0.15, 0.2) is 5.11 Å². The fraction of sp³-hybridized carbons (Fsp3) is 0.185. The maximum Gasteiger partial charge on any atom is 0.229 e. The second-order valence-electron chi connectivity index (χ2n) is 8.84. The SMILES string of the molecule is COc1ccc(N2C(=S)N[C@H](c3ccccn3)[C@@H]2c2cccn2-c2ccccc2C)cc1NS(C)(=O)=O. The smallest absolute Gasteiger partial charge is 0.229 e. The van der Waals surface area contributed by atoms with E-state index in [1.165, 1.54) is 7.11 Å². The van der Waals surface area contributed by atoms with Gasteiger partial charge in [-0.15, -0.1) is 0 Å². The van der Waals surface area contributed by atoms with E-state index in [9.17, 15) is 8.42 Å². The Hall–Kier alpha value is -3.89. The minimum absolute atomic E-state index is 0.250. The van der Waals surface area contributed by atoms with Gasteiger partial charge in [-0.2, -0.15) is 0 Å². The van der Waals surface area contributed by atoms with Crippen LogP contribution in [-0.2, 0) is 10.0 Å². The molecule has 0 bridgehead atoms. The quantitative estimate of drug-likeness (QED) is 0.332. The predicted octanol–water partition coefficient (Wildman–Crippen LogP) is 4.74. The molecule has 190 valence electrons. The van der Waals surface area contributed by atoms with Crippen molar-refractivity contribution in [3.8, 4) is 11.4 Å². The van der Waals surface area contributed by atoms with E-state index in [0.29, 0.717) is 22.2 Å². The largest absolute Gasteiger partial charge is 0.495 e. The fourth-order valence-electron chi connectivity index (χ4n) is 4.75. The highest BCUT2D eigenvalue weighted by atomic mass is 32.2. The summed E-state index contributed by atoms with van der Waals surface area (Å²) >= 11 is 5.86. The van der Waals surface area contributed by atoms with Crippen molar-refractivity contribution in [2.24, 2.45) is 0 Å². The van der Waals surface area contributed by atoms with Gasteiger partial charge in [-0.25, -0.2) is 8.42 Å². The maximum atomic E-state index is 12.1. The van der Waals surface area contributed by atoms with Crippen LogP contribution in [0.1, 0.15) is 29.0 Å². The van der Waals surface area contributed by atoms with Crippen molar-refractivity contribution in [3.05, 3.63) is 102 Å². The molecule has 2 aromatic carbocycles. The molecule has 2 N–H and O–H groups in total. The highest BCUT2D eigenvalue weighted by Gasteiger charge is 2.42. The highest BCUT2D eigenvalue weighted by Crippen LogP contribution is 2.44. The van der Waals surface area contributed by atoms with Gasteiger partial charge >= 0.3 is 0 Å². The van der Waals surface area contributed by atoms with Crippen molar-refractivity contribution in [1.29, 1.82) is 0 Å². The lowest BCUT2D eigenvalue weighted by atomic mass is 10.0. The van der Waals surface area contributed by atoms with E-state index < -0.39 is 10.0 Å². The Morgan fingerprint density at radius 3 is 2.54 bits per heavy atom. The molecular formula is C27H27N5O3S2. The van der Waals surface area contributed by atoms with Gasteiger partial charge in [0.2, 0.25) is 10.0 Å². The first kappa shape index (κ1) is 24.8. The zero-order chi connectivity index (χ0) is 26.2. The lowest BCUT2D eigenvalue weighted by Gasteiger charge is -2.29. The molecule has 37 heavy (non-hydrogen) atoms. The molecule has 2 atom stereocenters. The maximum absolute atomic E-state index is 12.1. The van der Waals surface area contributed by atoms with Crippen LogP contribution < -0.4 is 19.7 Å². The molecule has 0 spiro atoms. The third-order valence-electron chi connectivity index (χ3n) is 6.31. The van der Waals surface area contributed by atoms with Gasteiger partial charge in [0.25, 0.3) is 0 Å². The molecule has 8 nitrogen and oxygen atoms in total. The number of rotatable bonds is 7. The number of benzene rings is 2. The number of thiocarbonyl (C=S) groups is 1. The Kier molecular flexibility index (Phi) is 6.61. The average Bonchev–Trinajstić information content (AvgIpc) is 3.48. The molecule has 0 unspecified atom stereocenters. The van der Waals surface area contributed by atoms with Crippen molar-refractivity contribution in [3.63, 3.8) is 0 Å². The van der Waals surface area contributed by atoms with E-state index in [2.05, 4.69) is 44.7 Å². The van der Waals surface area contributed by atoms with E-state index in [1.54, 1.807) is 18.3 Å². The van der Waals surface area contributed by atoms with E-state index in [0.717, 1.165) is 28.9 Å². The van der Waals surface area contributed by atoms with Crippen molar-refractivity contribution >= 4 is 38.7 Å². The number of aromatic nitrogens is 2. The summed E-state index contributed by atoms with van der Waals surface area (Å²) in [6.07, 6.45) is 4.91. The van der Waals surface area contributed by atoms with E-state index in [4.69, 9.17) is 17.0 Å². The number of nitrogens with one attached hydrogen (secondary N) is 2. The molecule has 0 amide bonds. The number of para-hydroxylation sites is 1. The zero-order valence-corrected chi connectivity index (χ0v) is 22.3. The molecule has 0 radical (unpaired) electrons. The third kappa shape index (κ3) is 4.90. The van der Waals surface area contributed by atoms with Gasteiger partial charge < -0.3 is 19.5 Å². The summed E-state index contributed by atoms with van der Waals surface area (Å²) in [5.41, 5.74) is 5.10. The first-order valence-electron chi connectivity index (χ1n) is 11.7. The van der Waals surface area contributed by atoms with Crippen LogP contribution in [0.25, 0.3) is 5.69 Å². The topological polar surface area (TPSA) is 88.5 Å². The number of ether oxygens (including phenoxy) is 1. The van der Waals surface area contributed by atoms with Crippen molar-refractivity contribution in [1.82, 2.24) is 14.9 Å². The molecule has 4 aromatic rings. The molecule has 2 aromatic heterocycles. The van der Waals surface area contributed by atoms with Crippen LogP contribution in [0.3, 0.4) is 0 Å². The van der Waals surface area contributed by atoms with Crippen LogP contribution in [0, 0.1) is 6.92 Å². The van der Waals surface area contributed by atoms with Crippen LogP contribution in [-0.4, -0.2) is 36.4 Å². The highest BCUT2D eigenvalue weighted by molar-refractivity contribution is 7.92. The van der Waals surface area contributed by atoms with Gasteiger partial charge in [-0.1, -0.05) is 24.3 Å². The van der Waals surface area contributed by atoms with Crippen molar-refractivity contribution in [2.75, 3.05) is 23.0 Å². The number of pyridine rings is 1. The van der Waals surface area contributed by atoms with Gasteiger partial charge in [-0.05, 0) is 73.2 Å². The van der Waals surface area contributed by atoms with Gasteiger partial charge in [0.1, 0.15) is 11.8 Å². The van der Waals surface area contributed by atoms with Crippen molar-refractivity contribution in [2.45, 2.75) is 19.0 Å². The summed E-state index contributed by atoms with van der Waals surface area (Å²) in [5, 5.41) is 3.97. The molecule has 1 aliphatic rings. The minimum atomic E-state index is -3.53.